The zero-order valence-corrected chi connectivity index (χ0v) is 22.5. The Kier molecular flexibility index (Phi) is 10.8. The van der Waals surface area contributed by atoms with E-state index in [-0.39, 0.29) is 12.7 Å². The highest BCUT2D eigenvalue weighted by Gasteiger charge is 2.47. The molecular formula is C31H34O6S. The molecule has 4 rings (SSSR count). The summed E-state index contributed by atoms with van der Waals surface area (Å²) in [5.41, 5.74) is 1.69. The number of benzene rings is 3. The third-order valence-corrected chi connectivity index (χ3v) is 7.18. The zero-order chi connectivity index (χ0) is 26.6. The van der Waals surface area contributed by atoms with E-state index in [1.54, 1.807) is 18.7 Å². The van der Waals surface area contributed by atoms with Crippen molar-refractivity contribution < 1.29 is 28.5 Å². The van der Waals surface area contributed by atoms with Crippen LogP contribution in [0.15, 0.2) is 108 Å². The molecule has 38 heavy (non-hydrogen) atoms. The third kappa shape index (κ3) is 8.20. The first-order chi connectivity index (χ1) is 18.6. The Morgan fingerprint density at radius 2 is 1.37 bits per heavy atom. The van der Waals surface area contributed by atoms with Gasteiger partial charge in [-0.1, -0.05) is 90.6 Å². The number of carbonyl (C=O) groups excluding carboxylic acids is 1. The average Bonchev–Trinajstić information content (AvgIpc) is 2.94. The second kappa shape index (κ2) is 14.7. The second-order valence-electron chi connectivity index (χ2n) is 8.82. The van der Waals surface area contributed by atoms with Crippen LogP contribution in [0.2, 0.25) is 0 Å². The minimum Gasteiger partial charge on any atom is -0.491 e. The van der Waals surface area contributed by atoms with Gasteiger partial charge in [-0.25, -0.2) is 4.79 Å². The Labute approximate surface area is 228 Å². The molecule has 1 fully saturated rings. The summed E-state index contributed by atoms with van der Waals surface area (Å²) in [6, 6.07) is 30.0. The van der Waals surface area contributed by atoms with E-state index in [4.69, 9.17) is 23.7 Å². The summed E-state index contributed by atoms with van der Waals surface area (Å²) >= 11 is 1.55. The molecule has 7 heteroatoms. The summed E-state index contributed by atoms with van der Waals surface area (Å²) in [5.74, 6) is -0.469. The van der Waals surface area contributed by atoms with Crippen molar-refractivity contribution in [3.05, 3.63) is 114 Å². The molecule has 1 saturated heterocycles. The largest absolute Gasteiger partial charge is 0.491 e. The first-order valence-corrected chi connectivity index (χ1v) is 13.7. The number of ether oxygens (including phenoxy) is 5. The minimum absolute atomic E-state index is 0.269. The van der Waals surface area contributed by atoms with Gasteiger partial charge in [-0.05, 0) is 37.1 Å². The monoisotopic (exact) mass is 534 g/mol. The molecule has 1 heterocycles. The summed E-state index contributed by atoms with van der Waals surface area (Å²) in [6.45, 7) is 4.84. The van der Waals surface area contributed by atoms with Crippen LogP contribution in [0.4, 0.5) is 0 Å². The predicted octanol–water partition coefficient (Wildman–Crippen LogP) is 6.16. The number of hydrogen-bond acceptors (Lipinski definition) is 7. The molecule has 0 radical (unpaired) electrons. The van der Waals surface area contributed by atoms with Crippen LogP contribution in [0, 0.1) is 0 Å². The molecule has 0 saturated carbocycles. The molecule has 3 aromatic carbocycles. The summed E-state index contributed by atoms with van der Waals surface area (Å²) < 4.78 is 30.6. The van der Waals surface area contributed by atoms with Crippen LogP contribution in [0.5, 0.6) is 0 Å². The van der Waals surface area contributed by atoms with Gasteiger partial charge in [-0.15, -0.1) is 0 Å². The molecule has 0 aliphatic carbocycles. The van der Waals surface area contributed by atoms with Crippen LogP contribution in [-0.2, 0) is 41.7 Å². The molecule has 0 amide bonds. The van der Waals surface area contributed by atoms with Gasteiger partial charge in [0.15, 0.2) is 6.10 Å². The molecule has 0 aromatic heterocycles. The van der Waals surface area contributed by atoms with Crippen LogP contribution in [0.25, 0.3) is 0 Å². The standard InChI is InChI=1S/C31H34O6S/c1-3-33-27(32)19-20-34-30-29(36-22-25-15-9-5-10-16-25)28(35-21-24-13-7-4-8-14-24)23(2)37-31(30)38-26-17-11-6-12-18-26/h4-20,23,28-31H,3,21-22H2,1-2H3/b20-19+/t23-,28-,29+,30+,31+/m0/s1. The Morgan fingerprint density at radius 1 is 0.816 bits per heavy atom. The Bertz CT molecular complexity index is 1120. The molecule has 0 unspecified atom stereocenters. The fourth-order valence-corrected chi connectivity index (χ4v) is 5.34. The first kappa shape index (κ1) is 27.9. The first-order valence-electron chi connectivity index (χ1n) is 12.8. The lowest BCUT2D eigenvalue weighted by Gasteiger charge is -2.44. The van der Waals surface area contributed by atoms with Gasteiger partial charge in [-0.3, -0.25) is 0 Å². The maximum Gasteiger partial charge on any atom is 0.333 e. The van der Waals surface area contributed by atoms with E-state index in [9.17, 15) is 4.79 Å². The molecule has 1 aliphatic rings. The highest BCUT2D eigenvalue weighted by atomic mass is 32.2. The van der Waals surface area contributed by atoms with E-state index in [0.29, 0.717) is 13.2 Å². The maximum atomic E-state index is 11.9. The van der Waals surface area contributed by atoms with Gasteiger partial charge in [-0.2, -0.15) is 0 Å². The van der Waals surface area contributed by atoms with Crippen LogP contribution in [0.1, 0.15) is 25.0 Å². The molecule has 0 spiro atoms. The van der Waals surface area contributed by atoms with Crippen LogP contribution < -0.4 is 0 Å². The van der Waals surface area contributed by atoms with Crippen molar-refractivity contribution in [1.82, 2.24) is 0 Å². The van der Waals surface area contributed by atoms with E-state index >= 15 is 0 Å². The van der Waals surface area contributed by atoms with Gasteiger partial charge in [0.25, 0.3) is 0 Å². The molecular weight excluding hydrogens is 500 g/mol. The van der Waals surface area contributed by atoms with Crippen molar-refractivity contribution in [3.63, 3.8) is 0 Å². The fraction of sp³-hybridized carbons (Fsp3) is 0.323. The lowest BCUT2D eigenvalue weighted by molar-refractivity contribution is -0.230. The summed E-state index contributed by atoms with van der Waals surface area (Å²) in [5, 5.41) is 0. The van der Waals surface area contributed by atoms with E-state index in [1.807, 2.05) is 97.9 Å². The Balaban J connectivity index is 1.60. The maximum absolute atomic E-state index is 11.9. The molecule has 3 aromatic rings. The Hall–Kier alpha value is -3.10. The van der Waals surface area contributed by atoms with Crippen molar-refractivity contribution in [1.29, 1.82) is 0 Å². The van der Waals surface area contributed by atoms with Crippen LogP contribution >= 0.6 is 11.8 Å². The van der Waals surface area contributed by atoms with E-state index in [2.05, 4.69) is 0 Å². The molecule has 200 valence electrons. The lowest BCUT2D eigenvalue weighted by Crippen LogP contribution is -2.58. The molecule has 0 N–H and O–H groups in total. The van der Waals surface area contributed by atoms with Crippen LogP contribution in [0.3, 0.4) is 0 Å². The molecule has 0 bridgehead atoms. The van der Waals surface area contributed by atoms with E-state index in [1.165, 1.54) is 12.3 Å². The van der Waals surface area contributed by atoms with Crippen LogP contribution in [-0.4, -0.2) is 42.4 Å². The highest BCUT2D eigenvalue weighted by molar-refractivity contribution is 7.99. The van der Waals surface area contributed by atoms with Crippen molar-refractivity contribution >= 4 is 17.7 Å². The molecule has 1 aliphatic heterocycles. The average molecular weight is 535 g/mol. The topological polar surface area (TPSA) is 63.2 Å². The summed E-state index contributed by atoms with van der Waals surface area (Å²) in [4.78, 5) is 13.0. The SMILES string of the molecule is CCOC(=O)/C=C/O[C@@H]1[C@H](OCc2ccccc2)[C@@H](OCc2ccccc2)[C@H](C)O[C@@H]1Sc1ccccc1. The van der Waals surface area contributed by atoms with Gasteiger partial charge >= 0.3 is 5.97 Å². The van der Waals surface area contributed by atoms with Crippen molar-refractivity contribution in [3.8, 4) is 0 Å². The molecule has 5 atom stereocenters. The highest BCUT2D eigenvalue weighted by Crippen LogP contribution is 2.37. The van der Waals surface area contributed by atoms with Gasteiger partial charge in [0.2, 0.25) is 0 Å². The number of esters is 1. The summed E-state index contributed by atoms with van der Waals surface area (Å²) in [6.07, 6.45) is 0.928. The zero-order valence-electron chi connectivity index (χ0n) is 21.7. The second-order valence-corrected chi connectivity index (χ2v) is 9.99. The van der Waals surface area contributed by atoms with Crippen molar-refractivity contribution in [2.75, 3.05) is 6.61 Å². The third-order valence-electron chi connectivity index (χ3n) is 6.02. The van der Waals surface area contributed by atoms with Gasteiger partial charge < -0.3 is 23.7 Å². The van der Waals surface area contributed by atoms with E-state index in [0.717, 1.165) is 16.0 Å². The predicted molar refractivity (Wildman–Crippen MR) is 147 cm³/mol. The number of rotatable bonds is 12. The van der Waals surface area contributed by atoms with Gasteiger partial charge in [0, 0.05) is 4.90 Å². The summed E-state index contributed by atoms with van der Waals surface area (Å²) in [7, 11) is 0. The van der Waals surface area contributed by atoms with Crippen molar-refractivity contribution in [2.45, 2.75) is 61.8 Å². The number of hydrogen-bond donors (Lipinski definition) is 0. The normalized spacial score (nSPS) is 23.3. The minimum atomic E-state index is -0.563. The fourth-order valence-electron chi connectivity index (χ4n) is 4.17. The number of thioether (sulfide) groups is 1. The van der Waals surface area contributed by atoms with Crippen molar-refractivity contribution in [2.24, 2.45) is 0 Å². The quantitative estimate of drug-likeness (QED) is 0.157. The van der Waals surface area contributed by atoms with Gasteiger partial charge in [0.05, 0.1) is 38.3 Å². The number of carbonyl (C=O) groups is 1. The Morgan fingerprint density at radius 3 is 1.95 bits per heavy atom. The van der Waals surface area contributed by atoms with E-state index < -0.39 is 29.7 Å². The molecule has 6 nitrogen and oxygen atoms in total. The smallest absolute Gasteiger partial charge is 0.333 e. The van der Waals surface area contributed by atoms with Gasteiger partial charge in [0.1, 0.15) is 17.6 Å². The lowest BCUT2D eigenvalue weighted by atomic mass is 9.99.